The Hall–Kier alpha value is -3.22. The van der Waals surface area contributed by atoms with E-state index in [9.17, 15) is 4.79 Å². The number of amides is 1. The molecule has 3 aromatic rings. The van der Waals surface area contributed by atoms with E-state index in [1.54, 1.807) is 10.9 Å². The number of anilines is 3. The average molecular weight is 350 g/mol. The van der Waals surface area contributed by atoms with Crippen LogP contribution < -0.4 is 10.6 Å². The monoisotopic (exact) mass is 350 g/mol. The van der Waals surface area contributed by atoms with Crippen molar-refractivity contribution < 1.29 is 4.79 Å². The van der Waals surface area contributed by atoms with Crippen molar-refractivity contribution in [3.05, 3.63) is 54.6 Å². The second-order valence-electron chi connectivity index (χ2n) is 6.46. The van der Waals surface area contributed by atoms with Crippen molar-refractivity contribution in [2.45, 2.75) is 27.2 Å². The lowest BCUT2D eigenvalue weighted by atomic mass is 10.1. The molecule has 0 aliphatic heterocycles. The maximum absolute atomic E-state index is 11.8. The SMILES string of the molecule is Cc1nc(Nc2ccc(NC(=O)CC(C)C)cc2)cc(-n2cccn2)n1. The Balaban J connectivity index is 1.70. The molecule has 0 spiro atoms. The minimum Gasteiger partial charge on any atom is -0.340 e. The summed E-state index contributed by atoms with van der Waals surface area (Å²) in [5.74, 6) is 2.39. The first-order valence-corrected chi connectivity index (χ1v) is 8.52. The van der Waals surface area contributed by atoms with Gasteiger partial charge in [0.25, 0.3) is 0 Å². The van der Waals surface area contributed by atoms with Crippen LogP contribution >= 0.6 is 0 Å². The topological polar surface area (TPSA) is 84.7 Å². The lowest BCUT2D eigenvalue weighted by molar-refractivity contribution is -0.116. The van der Waals surface area contributed by atoms with Gasteiger partial charge in [0.15, 0.2) is 5.82 Å². The normalized spacial score (nSPS) is 10.8. The van der Waals surface area contributed by atoms with E-state index in [1.165, 1.54) is 0 Å². The molecule has 3 rings (SSSR count). The fourth-order valence-corrected chi connectivity index (χ4v) is 2.51. The molecule has 1 amide bonds. The predicted octanol–water partition coefficient (Wildman–Crippen LogP) is 3.70. The quantitative estimate of drug-likeness (QED) is 0.708. The Morgan fingerprint density at radius 2 is 1.88 bits per heavy atom. The molecule has 0 bridgehead atoms. The van der Waals surface area contributed by atoms with Crippen molar-refractivity contribution in [3.63, 3.8) is 0 Å². The Bertz CT molecular complexity index is 872. The lowest BCUT2D eigenvalue weighted by Crippen LogP contribution is -2.13. The van der Waals surface area contributed by atoms with Gasteiger partial charge in [-0.3, -0.25) is 4.79 Å². The van der Waals surface area contributed by atoms with Gasteiger partial charge >= 0.3 is 0 Å². The molecular formula is C19H22N6O. The van der Waals surface area contributed by atoms with Crippen LogP contribution in [0.2, 0.25) is 0 Å². The first-order valence-electron chi connectivity index (χ1n) is 8.52. The summed E-state index contributed by atoms with van der Waals surface area (Å²) in [6.07, 6.45) is 4.05. The number of hydrogen-bond acceptors (Lipinski definition) is 5. The fourth-order valence-electron chi connectivity index (χ4n) is 2.51. The summed E-state index contributed by atoms with van der Waals surface area (Å²) < 4.78 is 1.69. The second-order valence-corrected chi connectivity index (χ2v) is 6.46. The molecule has 7 nitrogen and oxygen atoms in total. The van der Waals surface area contributed by atoms with E-state index < -0.39 is 0 Å². The molecule has 0 fully saturated rings. The number of aromatic nitrogens is 4. The van der Waals surface area contributed by atoms with Crippen molar-refractivity contribution in [3.8, 4) is 5.82 Å². The summed E-state index contributed by atoms with van der Waals surface area (Å²) >= 11 is 0. The predicted molar refractivity (Wildman–Crippen MR) is 102 cm³/mol. The maximum Gasteiger partial charge on any atom is 0.224 e. The minimum absolute atomic E-state index is 0.0241. The van der Waals surface area contributed by atoms with Crippen LogP contribution in [0.25, 0.3) is 5.82 Å². The molecule has 0 saturated heterocycles. The largest absolute Gasteiger partial charge is 0.340 e. The van der Waals surface area contributed by atoms with Gasteiger partial charge in [-0.25, -0.2) is 14.6 Å². The van der Waals surface area contributed by atoms with Gasteiger partial charge in [-0.1, -0.05) is 13.8 Å². The van der Waals surface area contributed by atoms with Gasteiger partial charge in [-0.15, -0.1) is 0 Å². The fraction of sp³-hybridized carbons (Fsp3) is 0.263. The van der Waals surface area contributed by atoms with Gasteiger partial charge in [-0.2, -0.15) is 5.10 Å². The summed E-state index contributed by atoms with van der Waals surface area (Å²) in [6, 6.07) is 11.2. The number of nitrogens with one attached hydrogen (secondary N) is 2. The van der Waals surface area contributed by atoms with Gasteiger partial charge in [0.05, 0.1) is 0 Å². The first kappa shape index (κ1) is 17.6. The number of carbonyl (C=O) groups excluding carboxylic acids is 1. The van der Waals surface area contributed by atoms with Crippen molar-refractivity contribution in [1.29, 1.82) is 0 Å². The summed E-state index contributed by atoms with van der Waals surface area (Å²) in [7, 11) is 0. The van der Waals surface area contributed by atoms with Crippen LogP contribution in [0.3, 0.4) is 0 Å². The maximum atomic E-state index is 11.8. The molecular weight excluding hydrogens is 328 g/mol. The number of benzene rings is 1. The van der Waals surface area contributed by atoms with Crippen molar-refractivity contribution in [2.24, 2.45) is 5.92 Å². The highest BCUT2D eigenvalue weighted by Gasteiger charge is 2.07. The summed E-state index contributed by atoms with van der Waals surface area (Å²) in [5, 5.41) is 10.3. The van der Waals surface area contributed by atoms with Crippen LogP contribution in [0, 0.1) is 12.8 Å². The number of nitrogens with zero attached hydrogens (tertiary/aromatic N) is 4. The van der Waals surface area contributed by atoms with Crippen LogP contribution in [0.15, 0.2) is 48.8 Å². The summed E-state index contributed by atoms with van der Waals surface area (Å²) in [6.45, 7) is 5.88. The minimum atomic E-state index is 0.0241. The summed E-state index contributed by atoms with van der Waals surface area (Å²) in [4.78, 5) is 20.6. The van der Waals surface area contributed by atoms with E-state index in [4.69, 9.17) is 0 Å². The van der Waals surface area contributed by atoms with Gasteiger partial charge in [-0.05, 0) is 43.2 Å². The highest BCUT2D eigenvalue weighted by molar-refractivity contribution is 5.91. The molecule has 0 aliphatic rings. The van der Waals surface area contributed by atoms with Crippen LogP contribution in [-0.4, -0.2) is 25.7 Å². The second kappa shape index (κ2) is 7.77. The number of hydrogen-bond donors (Lipinski definition) is 2. The summed E-state index contributed by atoms with van der Waals surface area (Å²) in [5.41, 5.74) is 1.65. The van der Waals surface area contributed by atoms with Crippen molar-refractivity contribution >= 4 is 23.1 Å². The molecule has 0 radical (unpaired) electrons. The lowest BCUT2D eigenvalue weighted by Gasteiger charge is -2.10. The molecule has 1 aromatic carbocycles. The van der Waals surface area contributed by atoms with Gasteiger partial charge in [0, 0.05) is 36.3 Å². The Morgan fingerprint density at radius 3 is 2.54 bits per heavy atom. The Morgan fingerprint density at radius 1 is 1.15 bits per heavy atom. The molecule has 0 atom stereocenters. The standard InChI is InChI=1S/C19H22N6O/c1-13(2)11-19(26)24-16-7-5-15(6-8-16)23-17-12-18(22-14(3)21-17)25-10-4-9-20-25/h4-10,12-13H,11H2,1-3H3,(H,24,26)(H,21,22,23). The van der Waals surface area contributed by atoms with Crippen LogP contribution in [0.4, 0.5) is 17.2 Å². The van der Waals surface area contributed by atoms with Gasteiger partial charge in [0.1, 0.15) is 11.6 Å². The molecule has 2 N–H and O–H groups in total. The van der Waals surface area contributed by atoms with Crippen molar-refractivity contribution in [1.82, 2.24) is 19.7 Å². The zero-order valence-corrected chi connectivity index (χ0v) is 15.1. The molecule has 26 heavy (non-hydrogen) atoms. The number of carbonyl (C=O) groups is 1. The zero-order chi connectivity index (χ0) is 18.5. The Labute approximate surface area is 152 Å². The van der Waals surface area contributed by atoms with E-state index in [0.29, 0.717) is 29.8 Å². The molecule has 134 valence electrons. The molecule has 0 aliphatic carbocycles. The third kappa shape index (κ3) is 4.66. The van der Waals surface area contributed by atoms with Crippen molar-refractivity contribution in [2.75, 3.05) is 10.6 Å². The third-order valence-corrected chi connectivity index (χ3v) is 3.60. The van der Waals surface area contributed by atoms with E-state index in [-0.39, 0.29) is 5.91 Å². The number of rotatable bonds is 6. The molecule has 0 unspecified atom stereocenters. The highest BCUT2D eigenvalue weighted by atomic mass is 16.1. The van der Waals surface area contributed by atoms with Crippen LogP contribution in [-0.2, 0) is 4.79 Å². The van der Waals surface area contributed by atoms with Gasteiger partial charge in [0.2, 0.25) is 5.91 Å². The smallest absolute Gasteiger partial charge is 0.224 e. The number of aryl methyl sites for hydroxylation is 1. The Kier molecular flexibility index (Phi) is 5.26. The molecule has 7 heteroatoms. The molecule has 2 heterocycles. The molecule has 2 aromatic heterocycles. The van der Waals surface area contributed by atoms with Gasteiger partial charge < -0.3 is 10.6 Å². The first-order chi connectivity index (χ1) is 12.5. The van der Waals surface area contributed by atoms with Crippen LogP contribution in [0.5, 0.6) is 0 Å². The van der Waals surface area contributed by atoms with Crippen LogP contribution in [0.1, 0.15) is 26.1 Å². The average Bonchev–Trinajstić information content (AvgIpc) is 3.10. The van der Waals surface area contributed by atoms with E-state index >= 15 is 0 Å². The zero-order valence-electron chi connectivity index (χ0n) is 15.1. The third-order valence-electron chi connectivity index (χ3n) is 3.60. The van der Waals surface area contributed by atoms with E-state index in [2.05, 4.69) is 25.7 Å². The highest BCUT2D eigenvalue weighted by Crippen LogP contribution is 2.19. The molecule has 0 saturated carbocycles. The van der Waals surface area contributed by atoms with E-state index in [0.717, 1.165) is 11.4 Å². The van der Waals surface area contributed by atoms with E-state index in [1.807, 2.05) is 63.4 Å².